The zero-order valence-corrected chi connectivity index (χ0v) is 13.2. The van der Waals surface area contributed by atoms with Crippen molar-refractivity contribution in [1.29, 1.82) is 0 Å². The van der Waals surface area contributed by atoms with Gasteiger partial charge in [0.25, 0.3) is 5.91 Å². The predicted octanol–water partition coefficient (Wildman–Crippen LogP) is 3.56. The number of hydrogen-bond donors (Lipinski definition) is 1. The lowest BCUT2D eigenvalue weighted by molar-refractivity contribution is 0.102. The number of hydrogen-bond acceptors (Lipinski definition) is 6. The molecule has 1 N–H and O–H groups in total. The highest BCUT2D eigenvalue weighted by atomic mass is 35.5. The fourth-order valence-corrected chi connectivity index (χ4v) is 3.32. The number of methoxy groups -OCH3 is 1. The average Bonchev–Trinajstić information content (AvgIpc) is 2.86. The Kier molecular flexibility index (Phi) is 5.22. The van der Waals surface area contributed by atoms with E-state index in [4.69, 9.17) is 16.3 Å². The first-order valence-electron chi connectivity index (χ1n) is 5.75. The molecule has 1 aromatic heterocycles. The van der Waals surface area contributed by atoms with Gasteiger partial charge >= 0.3 is 0 Å². The molecule has 0 saturated heterocycles. The Labute approximate surface area is 129 Å². The Hall–Kier alpha value is -1.31. The van der Waals surface area contributed by atoms with Gasteiger partial charge in [0.1, 0.15) is 5.75 Å². The summed E-state index contributed by atoms with van der Waals surface area (Å²) in [5.41, 5.74) is 0.440. The monoisotopic (exact) mass is 329 g/mol. The van der Waals surface area contributed by atoms with E-state index in [9.17, 15) is 4.79 Å². The van der Waals surface area contributed by atoms with Gasteiger partial charge < -0.3 is 4.74 Å². The maximum atomic E-state index is 12.1. The number of ether oxygens (including phenoxy) is 1. The number of anilines is 1. The summed E-state index contributed by atoms with van der Waals surface area (Å²) in [6, 6.07) is 4.84. The van der Waals surface area contributed by atoms with Gasteiger partial charge in [-0.2, -0.15) is 0 Å². The van der Waals surface area contributed by atoms with E-state index in [1.54, 1.807) is 30.0 Å². The van der Waals surface area contributed by atoms with Crippen LogP contribution in [0.3, 0.4) is 0 Å². The Morgan fingerprint density at radius 1 is 1.50 bits per heavy atom. The summed E-state index contributed by atoms with van der Waals surface area (Å²) in [6.07, 6.45) is 0. The SMILES string of the molecule is CCSc1nnc(NC(=O)c2ccc(OC)c(Cl)c2)s1. The third-order valence-corrected chi connectivity index (χ3v) is 4.46. The lowest BCUT2D eigenvalue weighted by Crippen LogP contribution is -2.11. The maximum absolute atomic E-state index is 12.1. The number of thioether (sulfide) groups is 1. The van der Waals surface area contributed by atoms with Crippen LogP contribution in [0.4, 0.5) is 5.13 Å². The van der Waals surface area contributed by atoms with Gasteiger partial charge in [-0.1, -0.05) is 41.6 Å². The number of amides is 1. The van der Waals surface area contributed by atoms with E-state index >= 15 is 0 Å². The molecule has 0 aliphatic carbocycles. The van der Waals surface area contributed by atoms with Crippen LogP contribution in [0.25, 0.3) is 0 Å². The number of benzene rings is 1. The molecule has 0 fully saturated rings. The van der Waals surface area contributed by atoms with Crippen molar-refractivity contribution < 1.29 is 9.53 Å². The van der Waals surface area contributed by atoms with Crippen molar-refractivity contribution in [3.05, 3.63) is 28.8 Å². The largest absolute Gasteiger partial charge is 0.495 e. The summed E-state index contributed by atoms with van der Waals surface area (Å²) >= 11 is 8.91. The number of nitrogens with one attached hydrogen (secondary N) is 1. The van der Waals surface area contributed by atoms with E-state index in [-0.39, 0.29) is 5.91 Å². The molecule has 2 aromatic rings. The van der Waals surface area contributed by atoms with Gasteiger partial charge in [-0.25, -0.2) is 0 Å². The van der Waals surface area contributed by atoms with Crippen LogP contribution in [-0.2, 0) is 0 Å². The molecule has 8 heteroatoms. The van der Waals surface area contributed by atoms with Gasteiger partial charge in [0, 0.05) is 5.56 Å². The van der Waals surface area contributed by atoms with E-state index in [1.165, 1.54) is 18.4 Å². The average molecular weight is 330 g/mol. The normalized spacial score (nSPS) is 10.3. The molecule has 0 aliphatic heterocycles. The smallest absolute Gasteiger partial charge is 0.257 e. The van der Waals surface area contributed by atoms with Crippen LogP contribution in [-0.4, -0.2) is 29.0 Å². The molecule has 20 heavy (non-hydrogen) atoms. The minimum absolute atomic E-state index is 0.279. The quantitative estimate of drug-likeness (QED) is 0.671. The molecule has 0 saturated carbocycles. The highest BCUT2D eigenvalue weighted by Crippen LogP contribution is 2.27. The second-order valence-electron chi connectivity index (χ2n) is 3.61. The van der Waals surface area contributed by atoms with Gasteiger partial charge in [-0.05, 0) is 24.0 Å². The molecule has 106 valence electrons. The lowest BCUT2D eigenvalue weighted by atomic mass is 10.2. The van der Waals surface area contributed by atoms with Crippen LogP contribution in [0.15, 0.2) is 22.5 Å². The second-order valence-corrected chi connectivity index (χ2v) is 6.51. The van der Waals surface area contributed by atoms with Crippen molar-refractivity contribution in [3.63, 3.8) is 0 Å². The molecular weight excluding hydrogens is 318 g/mol. The van der Waals surface area contributed by atoms with E-state index in [0.29, 0.717) is 21.5 Å². The first kappa shape index (κ1) is 15.1. The fourth-order valence-electron chi connectivity index (χ4n) is 1.42. The lowest BCUT2D eigenvalue weighted by Gasteiger charge is -2.05. The molecular formula is C12H12ClN3O2S2. The zero-order chi connectivity index (χ0) is 14.5. The second kappa shape index (κ2) is 6.92. The van der Waals surface area contributed by atoms with Crippen molar-refractivity contribution >= 4 is 45.7 Å². The molecule has 1 aromatic carbocycles. The van der Waals surface area contributed by atoms with Crippen molar-refractivity contribution in [2.24, 2.45) is 0 Å². The molecule has 1 heterocycles. The van der Waals surface area contributed by atoms with Crippen molar-refractivity contribution in [3.8, 4) is 5.75 Å². The van der Waals surface area contributed by atoms with Crippen LogP contribution < -0.4 is 10.1 Å². The first-order chi connectivity index (χ1) is 9.63. The van der Waals surface area contributed by atoms with E-state index in [0.717, 1.165) is 10.1 Å². The van der Waals surface area contributed by atoms with Crippen LogP contribution in [0.2, 0.25) is 5.02 Å². The summed E-state index contributed by atoms with van der Waals surface area (Å²) in [5.74, 6) is 1.16. The Bertz CT molecular complexity index is 618. The summed E-state index contributed by atoms with van der Waals surface area (Å²) < 4.78 is 5.87. The summed E-state index contributed by atoms with van der Waals surface area (Å²) in [7, 11) is 1.52. The summed E-state index contributed by atoms with van der Waals surface area (Å²) in [6.45, 7) is 2.03. The first-order valence-corrected chi connectivity index (χ1v) is 7.93. The van der Waals surface area contributed by atoms with Crippen LogP contribution >= 0.6 is 34.7 Å². The standard InChI is InChI=1S/C12H12ClN3O2S2/c1-3-19-12-16-15-11(20-12)14-10(17)7-4-5-9(18-2)8(13)6-7/h4-6H,3H2,1-2H3,(H,14,15,17). The van der Waals surface area contributed by atoms with E-state index < -0.39 is 0 Å². The molecule has 0 aliphatic rings. The van der Waals surface area contributed by atoms with E-state index in [2.05, 4.69) is 15.5 Å². The number of carbonyl (C=O) groups excluding carboxylic acids is 1. The molecule has 0 spiro atoms. The van der Waals surface area contributed by atoms with Gasteiger partial charge in [0.2, 0.25) is 5.13 Å². The van der Waals surface area contributed by atoms with E-state index in [1.807, 2.05) is 6.92 Å². The molecule has 0 bridgehead atoms. The fraction of sp³-hybridized carbons (Fsp3) is 0.250. The highest BCUT2D eigenvalue weighted by molar-refractivity contribution is 8.01. The summed E-state index contributed by atoms with van der Waals surface area (Å²) in [4.78, 5) is 12.1. The predicted molar refractivity (Wildman–Crippen MR) is 82.3 cm³/mol. The van der Waals surface area contributed by atoms with Crippen molar-refractivity contribution in [1.82, 2.24) is 10.2 Å². The third-order valence-electron chi connectivity index (χ3n) is 2.31. The number of nitrogens with zero attached hydrogens (tertiary/aromatic N) is 2. The number of carbonyl (C=O) groups is 1. The molecule has 2 rings (SSSR count). The minimum atomic E-state index is -0.279. The highest BCUT2D eigenvalue weighted by Gasteiger charge is 2.12. The Balaban J connectivity index is 2.09. The van der Waals surface area contributed by atoms with Gasteiger partial charge in [0.05, 0.1) is 12.1 Å². The summed E-state index contributed by atoms with van der Waals surface area (Å²) in [5, 5.41) is 11.4. The van der Waals surface area contributed by atoms with Crippen molar-refractivity contribution in [2.45, 2.75) is 11.3 Å². The van der Waals surface area contributed by atoms with Crippen LogP contribution in [0, 0.1) is 0 Å². The molecule has 0 unspecified atom stereocenters. The van der Waals surface area contributed by atoms with Gasteiger partial charge in [-0.3, -0.25) is 10.1 Å². The number of halogens is 1. The molecule has 5 nitrogen and oxygen atoms in total. The van der Waals surface area contributed by atoms with Gasteiger partial charge in [0.15, 0.2) is 4.34 Å². The topological polar surface area (TPSA) is 64.1 Å². The third kappa shape index (κ3) is 3.62. The maximum Gasteiger partial charge on any atom is 0.257 e. The number of rotatable bonds is 5. The Morgan fingerprint density at radius 2 is 2.30 bits per heavy atom. The Morgan fingerprint density at radius 3 is 2.95 bits per heavy atom. The molecule has 0 radical (unpaired) electrons. The zero-order valence-electron chi connectivity index (χ0n) is 10.8. The van der Waals surface area contributed by atoms with Gasteiger partial charge in [-0.15, -0.1) is 10.2 Å². The number of aromatic nitrogens is 2. The van der Waals surface area contributed by atoms with Crippen LogP contribution in [0.5, 0.6) is 5.75 Å². The van der Waals surface area contributed by atoms with Crippen molar-refractivity contribution in [2.75, 3.05) is 18.2 Å². The minimum Gasteiger partial charge on any atom is -0.495 e. The van der Waals surface area contributed by atoms with Crippen LogP contribution in [0.1, 0.15) is 17.3 Å². The molecule has 0 atom stereocenters. The molecule has 1 amide bonds.